The van der Waals surface area contributed by atoms with Gasteiger partial charge in [0, 0.05) is 5.39 Å². The number of amides is 2. The monoisotopic (exact) mass is 456 g/mol. The van der Waals surface area contributed by atoms with Crippen LogP contribution in [0.4, 0.5) is 24.5 Å². The number of alkyl halides is 3. The van der Waals surface area contributed by atoms with Gasteiger partial charge in [0.2, 0.25) is 5.91 Å². The summed E-state index contributed by atoms with van der Waals surface area (Å²) in [5, 5.41) is 17.5. The Labute approximate surface area is 176 Å². The lowest BCUT2D eigenvalue weighted by atomic mass is 10.1. The topological polar surface area (TPSA) is 146 Å². The summed E-state index contributed by atoms with van der Waals surface area (Å²) in [5.41, 5.74) is 4.13. The summed E-state index contributed by atoms with van der Waals surface area (Å²) in [6.07, 6.45) is -3.69. The summed E-state index contributed by atoms with van der Waals surface area (Å²) in [5.74, 6) is -1.66. The van der Waals surface area contributed by atoms with Crippen LogP contribution in [0.3, 0.4) is 0 Å². The molecule has 3 rings (SSSR count). The SMILES string of the molecule is Cc1cc(C(F)(F)F)nc2sc(C(N)=O)c(NC(=O)C(C)n3ncc([N+](=O)[O-])c3C)c12. The largest absolute Gasteiger partial charge is 0.433 e. The number of carbonyl (C=O) groups excluding carboxylic acids is 2. The molecule has 0 aliphatic heterocycles. The quantitative estimate of drug-likeness (QED) is 0.445. The molecule has 3 heterocycles. The molecular weight excluding hydrogens is 441 g/mol. The van der Waals surface area contributed by atoms with E-state index in [0.29, 0.717) is 11.3 Å². The maximum atomic E-state index is 13.1. The lowest BCUT2D eigenvalue weighted by molar-refractivity contribution is -0.385. The van der Waals surface area contributed by atoms with Crippen LogP contribution in [-0.2, 0) is 11.0 Å². The molecule has 0 bridgehead atoms. The fourth-order valence-electron chi connectivity index (χ4n) is 3.04. The van der Waals surface area contributed by atoms with Crippen LogP contribution in [0.25, 0.3) is 10.2 Å². The number of nitrogens with zero attached hydrogens (tertiary/aromatic N) is 4. The van der Waals surface area contributed by atoms with E-state index in [-0.39, 0.29) is 37.7 Å². The van der Waals surface area contributed by atoms with Gasteiger partial charge in [-0.2, -0.15) is 18.3 Å². The van der Waals surface area contributed by atoms with Crippen molar-refractivity contribution < 1.29 is 27.7 Å². The van der Waals surface area contributed by atoms with E-state index in [0.717, 1.165) is 16.9 Å². The van der Waals surface area contributed by atoms with Crippen LogP contribution in [0.2, 0.25) is 0 Å². The van der Waals surface area contributed by atoms with E-state index in [1.807, 2.05) is 0 Å². The normalized spacial score (nSPS) is 12.7. The maximum absolute atomic E-state index is 13.1. The number of rotatable bonds is 5. The number of nitro groups is 1. The minimum Gasteiger partial charge on any atom is -0.365 e. The first-order valence-corrected chi connectivity index (χ1v) is 9.45. The van der Waals surface area contributed by atoms with Crippen LogP contribution in [0.1, 0.15) is 39.6 Å². The molecule has 0 aliphatic rings. The van der Waals surface area contributed by atoms with Crippen LogP contribution in [0, 0.1) is 24.0 Å². The number of nitrogens with two attached hydrogens (primary N) is 1. The first-order chi connectivity index (χ1) is 14.3. The summed E-state index contributed by atoms with van der Waals surface area (Å²) < 4.78 is 40.4. The van der Waals surface area contributed by atoms with Crippen molar-refractivity contribution in [2.24, 2.45) is 5.73 Å². The second-order valence-electron chi connectivity index (χ2n) is 6.65. The molecule has 0 fully saturated rings. The van der Waals surface area contributed by atoms with Crippen molar-refractivity contribution >= 4 is 44.7 Å². The number of anilines is 1. The summed E-state index contributed by atoms with van der Waals surface area (Å²) in [4.78, 5) is 38.3. The van der Waals surface area contributed by atoms with Crippen LogP contribution < -0.4 is 11.1 Å². The van der Waals surface area contributed by atoms with Crippen molar-refractivity contribution in [2.45, 2.75) is 33.0 Å². The summed E-state index contributed by atoms with van der Waals surface area (Å²) in [6, 6.07) is -0.230. The molecule has 0 radical (unpaired) electrons. The van der Waals surface area contributed by atoms with Crippen molar-refractivity contribution in [2.75, 3.05) is 5.32 Å². The Morgan fingerprint density at radius 3 is 2.52 bits per heavy atom. The number of pyridine rings is 1. The first kappa shape index (κ1) is 22.1. The molecule has 3 N–H and O–H groups in total. The molecule has 2 amide bonds. The lowest BCUT2D eigenvalue weighted by Gasteiger charge is -2.15. The third-order valence-corrected chi connectivity index (χ3v) is 5.68. The Kier molecular flexibility index (Phi) is 5.43. The minimum atomic E-state index is -4.69. The van der Waals surface area contributed by atoms with E-state index < -0.39 is 34.6 Å². The number of aryl methyl sites for hydroxylation is 1. The van der Waals surface area contributed by atoms with Gasteiger partial charge in [0.15, 0.2) is 0 Å². The summed E-state index contributed by atoms with van der Waals surface area (Å²) in [6.45, 7) is 4.22. The van der Waals surface area contributed by atoms with Crippen molar-refractivity contribution in [3.63, 3.8) is 0 Å². The second-order valence-corrected chi connectivity index (χ2v) is 7.65. The van der Waals surface area contributed by atoms with Crippen molar-refractivity contribution in [1.29, 1.82) is 0 Å². The van der Waals surface area contributed by atoms with Gasteiger partial charge in [-0.1, -0.05) is 0 Å². The number of thiophene rings is 1. The fourth-order valence-corrected chi connectivity index (χ4v) is 4.10. The number of nitrogens with one attached hydrogen (secondary N) is 1. The molecular formula is C17H15F3N6O4S. The smallest absolute Gasteiger partial charge is 0.365 e. The molecule has 3 aromatic rings. The number of fused-ring (bicyclic) bond motifs is 1. The molecule has 0 aromatic carbocycles. The predicted molar refractivity (Wildman–Crippen MR) is 105 cm³/mol. The number of carbonyl (C=O) groups is 2. The van der Waals surface area contributed by atoms with Gasteiger partial charge >= 0.3 is 11.9 Å². The van der Waals surface area contributed by atoms with E-state index in [1.165, 1.54) is 20.8 Å². The first-order valence-electron chi connectivity index (χ1n) is 8.63. The summed E-state index contributed by atoms with van der Waals surface area (Å²) in [7, 11) is 0. The third-order valence-electron chi connectivity index (χ3n) is 4.58. The van der Waals surface area contributed by atoms with E-state index in [1.54, 1.807) is 0 Å². The number of halogens is 3. The van der Waals surface area contributed by atoms with Gasteiger partial charge in [-0.3, -0.25) is 24.4 Å². The highest BCUT2D eigenvalue weighted by Crippen LogP contribution is 2.40. The fraction of sp³-hybridized carbons (Fsp3) is 0.294. The zero-order valence-corrected chi connectivity index (χ0v) is 17.1. The molecule has 0 saturated heterocycles. The zero-order valence-electron chi connectivity index (χ0n) is 16.3. The van der Waals surface area contributed by atoms with E-state index in [4.69, 9.17) is 5.73 Å². The highest BCUT2D eigenvalue weighted by atomic mass is 32.1. The Morgan fingerprint density at radius 1 is 1.35 bits per heavy atom. The highest BCUT2D eigenvalue weighted by Gasteiger charge is 2.34. The molecule has 1 unspecified atom stereocenters. The molecule has 14 heteroatoms. The predicted octanol–water partition coefficient (Wildman–Crippen LogP) is 3.34. The number of hydrogen-bond donors (Lipinski definition) is 2. The van der Waals surface area contributed by atoms with Gasteiger partial charge in [0.1, 0.15) is 33.3 Å². The Balaban J connectivity index is 2.06. The van der Waals surface area contributed by atoms with Gasteiger partial charge in [-0.25, -0.2) is 4.98 Å². The van der Waals surface area contributed by atoms with Crippen LogP contribution >= 0.6 is 11.3 Å². The number of primary amides is 1. The highest BCUT2D eigenvalue weighted by molar-refractivity contribution is 7.21. The van der Waals surface area contributed by atoms with Crippen LogP contribution in [0.15, 0.2) is 12.3 Å². The van der Waals surface area contributed by atoms with Gasteiger partial charge in [-0.05, 0) is 32.4 Å². The standard InChI is InChI=1S/C17H15F3N6O4S/c1-6-4-10(17(18,19)20)23-16-11(6)12(13(31-16)14(21)27)24-15(28)8(3)25-7(2)9(5-22-25)26(29)30/h4-5,8H,1-3H3,(H2,21,27)(H,24,28). The van der Waals surface area contributed by atoms with E-state index in [2.05, 4.69) is 15.4 Å². The van der Waals surface area contributed by atoms with Crippen molar-refractivity contribution in [1.82, 2.24) is 14.8 Å². The van der Waals surface area contributed by atoms with Crippen LogP contribution in [-0.4, -0.2) is 31.5 Å². The average Bonchev–Trinajstić information content (AvgIpc) is 3.21. The summed E-state index contributed by atoms with van der Waals surface area (Å²) >= 11 is 0.625. The molecule has 1 atom stereocenters. The van der Waals surface area contributed by atoms with Crippen molar-refractivity contribution in [3.05, 3.63) is 44.2 Å². The third kappa shape index (κ3) is 3.93. The molecule has 3 aromatic heterocycles. The molecule has 0 aliphatic carbocycles. The zero-order chi connectivity index (χ0) is 23.2. The van der Waals surface area contributed by atoms with Crippen molar-refractivity contribution in [3.8, 4) is 0 Å². The number of aromatic nitrogens is 3. The number of hydrogen-bond acceptors (Lipinski definition) is 7. The maximum Gasteiger partial charge on any atom is 0.433 e. The Bertz CT molecular complexity index is 1230. The molecule has 0 spiro atoms. The minimum absolute atomic E-state index is 0.0672. The second kappa shape index (κ2) is 7.61. The average molecular weight is 456 g/mol. The molecule has 164 valence electrons. The molecule has 31 heavy (non-hydrogen) atoms. The molecule has 0 saturated carbocycles. The Hall–Kier alpha value is -3.55. The van der Waals surface area contributed by atoms with E-state index in [9.17, 15) is 32.9 Å². The van der Waals surface area contributed by atoms with E-state index >= 15 is 0 Å². The van der Waals surface area contributed by atoms with Gasteiger partial charge in [0.05, 0.1) is 10.6 Å². The van der Waals surface area contributed by atoms with Gasteiger partial charge < -0.3 is 11.1 Å². The lowest BCUT2D eigenvalue weighted by Crippen LogP contribution is -2.26. The molecule has 10 nitrogen and oxygen atoms in total. The Morgan fingerprint density at radius 2 is 2.00 bits per heavy atom. The van der Waals surface area contributed by atoms with Gasteiger partial charge in [0.25, 0.3) is 5.91 Å². The van der Waals surface area contributed by atoms with Crippen LogP contribution in [0.5, 0.6) is 0 Å². The van der Waals surface area contributed by atoms with Gasteiger partial charge in [-0.15, -0.1) is 11.3 Å².